The van der Waals surface area contributed by atoms with Crippen LogP contribution in [-0.2, 0) is 9.59 Å². The molecule has 1 saturated heterocycles. The van der Waals surface area contributed by atoms with E-state index < -0.39 is 23.7 Å². The Morgan fingerprint density at radius 3 is 2.00 bits per heavy atom. The van der Waals surface area contributed by atoms with E-state index in [1.54, 1.807) is 30.3 Å². The van der Waals surface area contributed by atoms with Crippen molar-refractivity contribution in [2.75, 3.05) is 4.90 Å². The zero-order valence-corrected chi connectivity index (χ0v) is 17.6. The first kappa shape index (κ1) is 21.1. The zero-order valence-electron chi connectivity index (χ0n) is 17.6. The molecular weight excluding hydrogens is 406 g/mol. The molecule has 2 N–H and O–H groups in total. The number of anilines is 1. The third-order valence-corrected chi connectivity index (χ3v) is 5.53. The molecule has 1 atom stereocenters. The Morgan fingerprint density at radius 2 is 1.41 bits per heavy atom. The SMILES string of the molecule is Cc1ccc(C(O)=C2C(=O)C(=O)N(c3cccc(C(=O)O)c3)[C@@H]2c2ccc(C)cc2)cc1. The number of benzene rings is 3. The maximum atomic E-state index is 13.1. The number of carboxylic acid groups (broad SMARTS) is 1. The van der Waals surface area contributed by atoms with Crippen molar-refractivity contribution in [3.8, 4) is 0 Å². The molecule has 6 heteroatoms. The van der Waals surface area contributed by atoms with Gasteiger partial charge in [0, 0.05) is 11.3 Å². The summed E-state index contributed by atoms with van der Waals surface area (Å²) in [5.74, 6) is -3.07. The predicted molar refractivity (Wildman–Crippen MR) is 121 cm³/mol. The van der Waals surface area contributed by atoms with Crippen LogP contribution < -0.4 is 4.90 Å². The number of rotatable bonds is 4. The van der Waals surface area contributed by atoms with Crippen LogP contribution in [0.4, 0.5) is 5.69 Å². The van der Waals surface area contributed by atoms with E-state index >= 15 is 0 Å². The van der Waals surface area contributed by atoms with Gasteiger partial charge in [0.25, 0.3) is 11.7 Å². The Labute approximate surface area is 185 Å². The molecule has 1 heterocycles. The average molecular weight is 427 g/mol. The molecule has 3 aromatic rings. The van der Waals surface area contributed by atoms with Crippen LogP contribution in [0, 0.1) is 13.8 Å². The number of hydrogen-bond acceptors (Lipinski definition) is 4. The maximum absolute atomic E-state index is 13.1. The second-order valence-corrected chi connectivity index (χ2v) is 7.80. The first-order chi connectivity index (χ1) is 15.3. The molecule has 3 aromatic carbocycles. The fourth-order valence-corrected chi connectivity index (χ4v) is 3.82. The summed E-state index contributed by atoms with van der Waals surface area (Å²) in [6.07, 6.45) is 0. The van der Waals surface area contributed by atoms with Crippen LogP contribution in [-0.4, -0.2) is 27.9 Å². The molecule has 0 spiro atoms. The van der Waals surface area contributed by atoms with Gasteiger partial charge in [0.2, 0.25) is 0 Å². The molecule has 4 rings (SSSR count). The number of carbonyl (C=O) groups is 3. The molecule has 6 nitrogen and oxygen atoms in total. The molecule has 0 radical (unpaired) electrons. The first-order valence-electron chi connectivity index (χ1n) is 10.1. The molecule has 1 aliphatic heterocycles. The van der Waals surface area contributed by atoms with Gasteiger partial charge in [0.05, 0.1) is 17.2 Å². The van der Waals surface area contributed by atoms with Crippen molar-refractivity contribution >= 4 is 29.1 Å². The summed E-state index contributed by atoms with van der Waals surface area (Å²) >= 11 is 0. The third kappa shape index (κ3) is 3.67. The van der Waals surface area contributed by atoms with E-state index in [2.05, 4.69) is 0 Å². The van der Waals surface area contributed by atoms with Crippen LogP contribution in [0.1, 0.15) is 38.7 Å². The van der Waals surface area contributed by atoms with Gasteiger partial charge < -0.3 is 10.2 Å². The molecule has 160 valence electrons. The van der Waals surface area contributed by atoms with E-state index in [1.807, 2.05) is 38.1 Å². The second-order valence-electron chi connectivity index (χ2n) is 7.80. The monoisotopic (exact) mass is 427 g/mol. The van der Waals surface area contributed by atoms with Gasteiger partial charge in [-0.2, -0.15) is 0 Å². The van der Waals surface area contributed by atoms with E-state index in [0.29, 0.717) is 11.1 Å². The van der Waals surface area contributed by atoms with Crippen molar-refractivity contribution in [3.63, 3.8) is 0 Å². The summed E-state index contributed by atoms with van der Waals surface area (Å²) in [6.45, 7) is 3.83. The number of aryl methyl sites for hydroxylation is 2. The standard InChI is InChI=1S/C26H21NO5/c1-15-6-10-17(11-7-15)22-21(23(28)18-12-8-16(2)9-13-18)24(29)25(30)27(22)20-5-3-4-19(14-20)26(31)32/h3-14,22,28H,1-2H3,(H,31,32)/t22-/m1/s1. The van der Waals surface area contributed by atoms with Crippen molar-refractivity contribution < 1.29 is 24.6 Å². The van der Waals surface area contributed by atoms with Crippen molar-refractivity contribution in [1.82, 2.24) is 0 Å². The quantitative estimate of drug-likeness (QED) is 0.360. The lowest BCUT2D eigenvalue weighted by molar-refractivity contribution is -0.132. The van der Waals surface area contributed by atoms with E-state index in [4.69, 9.17) is 0 Å². The topological polar surface area (TPSA) is 94.9 Å². The highest BCUT2D eigenvalue weighted by molar-refractivity contribution is 6.51. The van der Waals surface area contributed by atoms with Gasteiger partial charge in [-0.1, -0.05) is 65.7 Å². The van der Waals surface area contributed by atoms with Crippen LogP contribution in [0.5, 0.6) is 0 Å². The summed E-state index contributed by atoms with van der Waals surface area (Å²) in [5.41, 5.74) is 3.25. The van der Waals surface area contributed by atoms with Gasteiger partial charge in [0.15, 0.2) is 0 Å². The van der Waals surface area contributed by atoms with Crippen molar-refractivity contribution in [3.05, 3.63) is 106 Å². The number of aliphatic hydroxyl groups is 1. The fraction of sp³-hybridized carbons (Fsp3) is 0.115. The summed E-state index contributed by atoms with van der Waals surface area (Å²) < 4.78 is 0. The van der Waals surface area contributed by atoms with E-state index in [-0.39, 0.29) is 22.6 Å². The highest BCUT2D eigenvalue weighted by Gasteiger charge is 2.47. The minimum absolute atomic E-state index is 0.00871. The number of hydrogen-bond donors (Lipinski definition) is 2. The summed E-state index contributed by atoms with van der Waals surface area (Å²) in [6, 6.07) is 19.2. The van der Waals surface area contributed by atoms with Crippen LogP contribution in [0.25, 0.3) is 5.76 Å². The molecule has 1 aliphatic rings. The molecular formula is C26H21NO5. The van der Waals surface area contributed by atoms with Crippen LogP contribution >= 0.6 is 0 Å². The van der Waals surface area contributed by atoms with Crippen molar-refractivity contribution in [2.45, 2.75) is 19.9 Å². The number of ketones is 1. The number of carboxylic acids is 1. The number of aromatic carboxylic acids is 1. The lowest BCUT2D eigenvalue weighted by Gasteiger charge is -2.25. The zero-order chi connectivity index (χ0) is 23.0. The highest BCUT2D eigenvalue weighted by Crippen LogP contribution is 2.42. The van der Waals surface area contributed by atoms with Gasteiger partial charge in [-0.25, -0.2) is 4.79 Å². The molecule has 1 amide bonds. The third-order valence-electron chi connectivity index (χ3n) is 5.53. The van der Waals surface area contributed by atoms with Gasteiger partial charge in [-0.05, 0) is 37.6 Å². The Balaban J connectivity index is 1.94. The molecule has 0 bridgehead atoms. The highest BCUT2D eigenvalue weighted by atomic mass is 16.4. The largest absolute Gasteiger partial charge is 0.507 e. The van der Waals surface area contributed by atoms with Crippen LogP contribution in [0.2, 0.25) is 0 Å². The van der Waals surface area contributed by atoms with E-state index in [1.165, 1.54) is 23.1 Å². The fourth-order valence-electron chi connectivity index (χ4n) is 3.82. The molecule has 32 heavy (non-hydrogen) atoms. The van der Waals surface area contributed by atoms with E-state index in [9.17, 15) is 24.6 Å². The minimum atomic E-state index is -1.14. The average Bonchev–Trinajstić information content (AvgIpc) is 3.05. The summed E-state index contributed by atoms with van der Waals surface area (Å²) in [4.78, 5) is 39.0. The number of carbonyl (C=O) groups excluding carboxylic acids is 2. The van der Waals surface area contributed by atoms with Gasteiger partial charge >= 0.3 is 5.97 Å². The van der Waals surface area contributed by atoms with Gasteiger partial charge in [0.1, 0.15) is 5.76 Å². The molecule has 0 aliphatic carbocycles. The smallest absolute Gasteiger partial charge is 0.335 e. The van der Waals surface area contributed by atoms with Gasteiger partial charge in [-0.3, -0.25) is 14.5 Å². The predicted octanol–water partition coefficient (Wildman–Crippen LogP) is 4.63. The minimum Gasteiger partial charge on any atom is -0.507 e. The number of nitrogens with zero attached hydrogens (tertiary/aromatic N) is 1. The van der Waals surface area contributed by atoms with Crippen molar-refractivity contribution in [1.29, 1.82) is 0 Å². The van der Waals surface area contributed by atoms with Crippen molar-refractivity contribution in [2.24, 2.45) is 0 Å². The molecule has 0 unspecified atom stereocenters. The van der Waals surface area contributed by atoms with E-state index in [0.717, 1.165) is 11.1 Å². The lowest BCUT2D eigenvalue weighted by Crippen LogP contribution is -2.29. The number of Topliss-reactive ketones (excluding diaryl/α,β-unsaturated/α-hetero) is 1. The molecule has 0 aromatic heterocycles. The summed E-state index contributed by atoms with van der Waals surface area (Å²) in [5, 5.41) is 20.5. The summed E-state index contributed by atoms with van der Waals surface area (Å²) in [7, 11) is 0. The molecule has 0 saturated carbocycles. The Hall–Kier alpha value is -4.19. The first-order valence-corrected chi connectivity index (χ1v) is 10.1. The van der Waals surface area contributed by atoms with Crippen LogP contribution in [0.15, 0.2) is 78.4 Å². The lowest BCUT2D eigenvalue weighted by atomic mass is 9.94. The number of aliphatic hydroxyl groups excluding tert-OH is 1. The Kier molecular flexibility index (Phi) is 5.36. The maximum Gasteiger partial charge on any atom is 0.335 e. The van der Waals surface area contributed by atoms with Gasteiger partial charge in [-0.15, -0.1) is 0 Å². The second kappa shape index (κ2) is 8.15. The Morgan fingerprint density at radius 1 is 0.812 bits per heavy atom. The normalized spacial score (nSPS) is 17.6. The number of amides is 1. The Bertz CT molecular complexity index is 1260. The molecule has 1 fully saturated rings. The van der Waals surface area contributed by atoms with Crippen LogP contribution in [0.3, 0.4) is 0 Å².